The van der Waals surface area contributed by atoms with Crippen LogP contribution in [0.5, 0.6) is 5.75 Å². The number of benzene rings is 2. The first kappa shape index (κ1) is 21.4. The lowest BCUT2D eigenvalue weighted by molar-refractivity contribution is 0.0585. The number of nitrogens with one attached hydrogen (secondary N) is 1. The van der Waals surface area contributed by atoms with Gasteiger partial charge in [-0.3, -0.25) is 4.79 Å². The summed E-state index contributed by atoms with van der Waals surface area (Å²) in [6.07, 6.45) is 1.29. The molecule has 2 heterocycles. The van der Waals surface area contributed by atoms with E-state index in [0.29, 0.717) is 43.8 Å². The number of hydrogen-bond acceptors (Lipinski definition) is 4. The number of methoxy groups -OCH3 is 1. The molecule has 31 heavy (non-hydrogen) atoms. The van der Waals surface area contributed by atoms with Crippen molar-refractivity contribution in [2.75, 3.05) is 37.8 Å². The van der Waals surface area contributed by atoms with Crippen LogP contribution in [0.3, 0.4) is 0 Å². The molecule has 1 spiro atoms. The molecule has 2 fully saturated rings. The minimum absolute atomic E-state index is 0.0210. The topological polar surface area (TPSA) is 61.9 Å². The highest BCUT2D eigenvalue weighted by molar-refractivity contribution is 8.00. The van der Waals surface area contributed by atoms with Crippen LogP contribution >= 0.6 is 11.8 Å². The van der Waals surface area contributed by atoms with Crippen molar-refractivity contribution in [3.63, 3.8) is 0 Å². The molecule has 0 aromatic heterocycles. The van der Waals surface area contributed by atoms with Crippen LogP contribution in [0.2, 0.25) is 0 Å². The SMILES string of the molecule is COc1ccc(C(=O)N2CCSC23CCN(C(=O)Nc2ccc(F)c(F)c2)CC3)cc1. The van der Waals surface area contributed by atoms with Crippen LogP contribution in [-0.4, -0.2) is 59.1 Å². The smallest absolute Gasteiger partial charge is 0.321 e. The number of ether oxygens (including phenoxy) is 1. The quantitative estimate of drug-likeness (QED) is 0.767. The number of carbonyl (C=O) groups excluding carboxylic acids is 2. The van der Waals surface area contributed by atoms with Gasteiger partial charge in [0.25, 0.3) is 5.91 Å². The molecule has 2 aromatic rings. The molecule has 164 valence electrons. The van der Waals surface area contributed by atoms with Crippen LogP contribution < -0.4 is 10.1 Å². The minimum atomic E-state index is -1.01. The summed E-state index contributed by atoms with van der Waals surface area (Å²) in [5.74, 6) is -0.443. The Balaban J connectivity index is 1.40. The normalized spacial score (nSPS) is 17.6. The number of hydrogen-bond donors (Lipinski definition) is 1. The number of anilines is 1. The van der Waals surface area contributed by atoms with E-state index in [-0.39, 0.29) is 22.5 Å². The maximum absolute atomic E-state index is 13.4. The molecule has 9 heteroatoms. The Kier molecular flexibility index (Phi) is 6.04. The minimum Gasteiger partial charge on any atom is -0.497 e. The van der Waals surface area contributed by atoms with Gasteiger partial charge in [0.15, 0.2) is 11.6 Å². The van der Waals surface area contributed by atoms with Gasteiger partial charge in [-0.1, -0.05) is 0 Å². The maximum Gasteiger partial charge on any atom is 0.321 e. The largest absolute Gasteiger partial charge is 0.497 e. The zero-order valence-electron chi connectivity index (χ0n) is 17.1. The summed E-state index contributed by atoms with van der Waals surface area (Å²) in [6, 6.07) is 9.98. The van der Waals surface area contributed by atoms with Crippen molar-refractivity contribution in [2.45, 2.75) is 17.7 Å². The number of nitrogens with zero attached hydrogens (tertiary/aromatic N) is 2. The van der Waals surface area contributed by atoms with Gasteiger partial charge in [0, 0.05) is 42.7 Å². The molecular formula is C22H23F2N3O3S. The number of amides is 3. The molecule has 2 aliphatic rings. The summed E-state index contributed by atoms with van der Waals surface area (Å²) in [5, 5.41) is 2.61. The average Bonchev–Trinajstić information content (AvgIpc) is 3.19. The number of carbonyl (C=O) groups is 2. The standard InChI is InChI=1S/C22H23F2N3O3S/c1-30-17-5-2-15(3-6-17)20(28)27-12-13-31-22(27)8-10-26(11-9-22)21(29)25-16-4-7-18(23)19(24)14-16/h2-7,14H,8-13H2,1H3,(H,25,29). The Morgan fingerprint density at radius 3 is 2.39 bits per heavy atom. The molecule has 0 aliphatic carbocycles. The second-order valence-corrected chi connectivity index (χ2v) is 8.98. The van der Waals surface area contributed by atoms with Crippen molar-refractivity contribution < 1.29 is 23.1 Å². The molecule has 4 rings (SSSR count). The molecule has 0 bridgehead atoms. The molecule has 2 saturated heterocycles. The monoisotopic (exact) mass is 447 g/mol. The predicted molar refractivity (Wildman–Crippen MR) is 115 cm³/mol. The summed E-state index contributed by atoms with van der Waals surface area (Å²) in [5.41, 5.74) is 0.817. The molecular weight excluding hydrogens is 424 g/mol. The van der Waals surface area contributed by atoms with Gasteiger partial charge in [0.1, 0.15) is 5.75 Å². The number of thioether (sulfide) groups is 1. The third kappa shape index (κ3) is 4.32. The van der Waals surface area contributed by atoms with Gasteiger partial charge in [-0.25, -0.2) is 13.6 Å². The summed E-state index contributed by atoms with van der Waals surface area (Å²) >= 11 is 1.76. The lowest BCUT2D eigenvalue weighted by atomic mass is 10.0. The Morgan fingerprint density at radius 1 is 1.03 bits per heavy atom. The fourth-order valence-electron chi connectivity index (χ4n) is 4.03. The van der Waals surface area contributed by atoms with Gasteiger partial charge in [-0.15, -0.1) is 11.8 Å². The Labute approximate surface area is 183 Å². The fourth-order valence-corrected chi connectivity index (χ4v) is 5.49. The molecule has 0 radical (unpaired) electrons. The van der Waals surface area contributed by atoms with Gasteiger partial charge in [-0.05, 0) is 49.2 Å². The first-order chi connectivity index (χ1) is 14.9. The molecule has 0 unspecified atom stereocenters. The maximum atomic E-state index is 13.4. The van der Waals surface area contributed by atoms with E-state index in [1.807, 2.05) is 4.90 Å². The second-order valence-electron chi connectivity index (χ2n) is 7.53. The zero-order chi connectivity index (χ0) is 22.0. The number of urea groups is 1. The lowest BCUT2D eigenvalue weighted by Crippen LogP contribution is -2.54. The predicted octanol–water partition coefficient (Wildman–Crippen LogP) is 4.19. The number of rotatable bonds is 3. The van der Waals surface area contributed by atoms with Crippen molar-refractivity contribution in [1.29, 1.82) is 0 Å². The zero-order valence-corrected chi connectivity index (χ0v) is 17.9. The molecule has 2 aromatic carbocycles. The van der Waals surface area contributed by atoms with Gasteiger partial charge in [0.2, 0.25) is 0 Å². The summed E-state index contributed by atoms with van der Waals surface area (Å²) in [4.78, 5) is 28.9. The van der Waals surface area contributed by atoms with E-state index in [1.165, 1.54) is 6.07 Å². The van der Waals surface area contributed by atoms with E-state index in [2.05, 4.69) is 5.32 Å². The highest BCUT2D eigenvalue weighted by Gasteiger charge is 2.47. The number of halogens is 2. The van der Waals surface area contributed by atoms with E-state index < -0.39 is 11.6 Å². The van der Waals surface area contributed by atoms with Crippen LogP contribution in [0.15, 0.2) is 42.5 Å². The van der Waals surface area contributed by atoms with Gasteiger partial charge >= 0.3 is 6.03 Å². The molecule has 0 atom stereocenters. The van der Waals surface area contributed by atoms with Crippen LogP contribution in [-0.2, 0) is 0 Å². The molecule has 0 saturated carbocycles. The molecule has 2 aliphatic heterocycles. The Hall–Kier alpha value is -2.81. The average molecular weight is 448 g/mol. The van der Waals surface area contributed by atoms with Crippen molar-refractivity contribution >= 4 is 29.4 Å². The van der Waals surface area contributed by atoms with Crippen molar-refractivity contribution in [1.82, 2.24) is 9.80 Å². The van der Waals surface area contributed by atoms with E-state index in [9.17, 15) is 18.4 Å². The molecule has 6 nitrogen and oxygen atoms in total. The molecule has 1 N–H and O–H groups in total. The van der Waals surface area contributed by atoms with E-state index in [4.69, 9.17) is 4.74 Å². The lowest BCUT2D eigenvalue weighted by Gasteiger charge is -2.44. The van der Waals surface area contributed by atoms with Crippen LogP contribution in [0.25, 0.3) is 0 Å². The van der Waals surface area contributed by atoms with Crippen LogP contribution in [0.4, 0.5) is 19.3 Å². The van der Waals surface area contributed by atoms with E-state index in [0.717, 1.165) is 17.9 Å². The van der Waals surface area contributed by atoms with E-state index >= 15 is 0 Å². The fraction of sp³-hybridized carbons (Fsp3) is 0.364. The summed E-state index contributed by atoms with van der Waals surface area (Å²) in [6.45, 7) is 1.60. The van der Waals surface area contributed by atoms with Gasteiger partial charge in [0.05, 0.1) is 12.0 Å². The van der Waals surface area contributed by atoms with Crippen LogP contribution in [0.1, 0.15) is 23.2 Å². The summed E-state index contributed by atoms with van der Waals surface area (Å²) < 4.78 is 31.6. The van der Waals surface area contributed by atoms with Gasteiger partial charge < -0.3 is 19.9 Å². The first-order valence-electron chi connectivity index (χ1n) is 10.0. The third-order valence-electron chi connectivity index (χ3n) is 5.76. The number of piperidine rings is 1. The summed E-state index contributed by atoms with van der Waals surface area (Å²) in [7, 11) is 1.58. The first-order valence-corrected chi connectivity index (χ1v) is 11.0. The Morgan fingerprint density at radius 2 is 1.74 bits per heavy atom. The third-order valence-corrected chi connectivity index (χ3v) is 7.32. The second kappa shape index (κ2) is 8.74. The van der Waals surface area contributed by atoms with Crippen molar-refractivity contribution in [3.05, 3.63) is 59.7 Å². The highest BCUT2D eigenvalue weighted by atomic mass is 32.2. The van der Waals surface area contributed by atoms with Crippen LogP contribution in [0, 0.1) is 11.6 Å². The molecule has 3 amide bonds. The Bertz CT molecular complexity index is 978. The van der Waals surface area contributed by atoms with Crippen molar-refractivity contribution in [3.8, 4) is 5.75 Å². The highest BCUT2D eigenvalue weighted by Crippen LogP contribution is 2.44. The number of likely N-dealkylation sites (tertiary alicyclic amines) is 1. The van der Waals surface area contributed by atoms with Gasteiger partial charge in [-0.2, -0.15) is 0 Å². The van der Waals surface area contributed by atoms with Crippen molar-refractivity contribution in [2.24, 2.45) is 0 Å². The van der Waals surface area contributed by atoms with E-state index in [1.54, 1.807) is 48.0 Å².